The Morgan fingerprint density at radius 1 is 1.41 bits per heavy atom. The molecule has 0 amide bonds. The maximum atomic E-state index is 4.39. The summed E-state index contributed by atoms with van der Waals surface area (Å²) in [5, 5.41) is 6.84. The lowest BCUT2D eigenvalue weighted by Crippen LogP contribution is -2.39. The van der Waals surface area contributed by atoms with E-state index in [0.29, 0.717) is 6.04 Å². The van der Waals surface area contributed by atoms with Crippen LogP contribution in [0.5, 0.6) is 0 Å². The van der Waals surface area contributed by atoms with Gasteiger partial charge in [0.1, 0.15) is 0 Å². The van der Waals surface area contributed by atoms with E-state index in [0.717, 1.165) is 30.2 Å². The van der Waals surface area contributed by atoms with Crippen LogP contribution in [0.1, 0.15) is 19.3 Å². The van der Waals surface area contributed by atoms with Crippen LogP contribution in [0, 0.1) is 0 Å². The number of piperidine rings is 1. The molecule has 3 N–H and O–H groups in total. The number of hydrogen-bond donors (Lipinski definition) is 3. The molecule has 3 rings (SSSR count). The SMILES string of the molecule is c1cnc2nc(NC[C@H]3CCCCN3)[nH]c2c1. The van der Waals surface area contributed by atoms with Gasteiger partial charge in [0.2, 0.25) is 5.95 Å². The van der Waals surface area contributed by atoms with Crippen LogP contribution in [0.25, 0.3) is 11.2 Å². The first-order chi connectivity index (χ1) is 8.42. The number of hydrogen-bond acceptors (Lipinski definition) is 4. The molecule has 17 heavy (non-hydrogen) atoms. The molecule has 0 spiro atoms. The van der Waals surface area contributed by atoms with Crippen LogP contribution in [0.3, 0.4) is 0 Å². The molecule has 0 bridgehead atoms. The number of aromatic amines is 1. The second-order valence-corrected chi connectivity index (χ2v) is 4.49. The highest BCUT2D eigenvalue weighted by Crippen LogP contribution is 2.12. The number of aromatic nitrogens is 3. The zero-order chi connectivity index (χ0) is 11.5. The number of imidazole rings is 1. The minimum Gasteiger partial charge on any atom is -0.354 e. The van der Waals surface area contributed by atoms with Crippen LogP contribution >= 0.6 is 0 Å². The van der Waals surface area contributed by atoms with Crippen LogP contribution in [0.15, 0.2) is 18.3 Å². The van der Waals surface area contributed by atoms with Gasteiger partial charge in [-0.15, -0.1) is 0 Å². The summed E-state index contributed by atoms with van der Waals surface area (Å²) in [6.07, 6.45) is 5.62. The number of rotatable bonds is 3. The van der Waals surface area contributed by atoms with Gasteiger partial charge in [-0.1, -0.05) is 6.42 Å². The highest BCUT2D eigenvalue weighted by Gasteiger charge is 2.12. The van der Waals surface area contributed by atoms with Gasteiger partial charge in [0, 0.05) is 18.8 Å². The molecule has 0 radical (unpaired) electrons. The first kappa shape index (κ1) is 10.5. The predicted octanol–water partition coefficient (Wildman–Crippen LogP) is 1.51. The van der Waals surface area contributed by atoms with E-state index in [1.54, 1.807) is 6.20 Å². The first-order valence-corrected chi connectivity index (χ1v) is 6.20. The van der Waals surface area contributed by atoms with Crippen molar-refractivity contribution in [3.8, 4) is 0 Å². The van der Waals surface area contributed by atoms with Gasteiger partial charge in [-0.05, 0) is 31.5 Å². The average Bonchev–Trinajstić information content (AvgIpc) is 2.80. The molecular weight excluding hydrogens is 214 g/mol. The van der Waals surface area contributed by atoms with Crippen LogP contribution in [0.4, 0.5) is 5.95 Å². The highest BCUT2D eigenvalue weighted by molar-refractivity contribution is 5.72. The van der Waals surface area contributed by atoms with E-state index in [4.69, 9.17) is 0 Å². The van der Waals surface area contributed by atoms with E-state index in [2.05, 4.69) is 25.6 Å². The minimum absolute atomic E-state index is 0.560. The number of H-pyrrole nitrogens is 1. The number of anilines is 1. The molecule has 2 aromatic rings. The fraction of sp³-hybridized carbons (Fsp3) is 0.500. The van der Waals surface area contributed by atoms with E-state index in [1.807, 2.05) is 12.1 Å². The van der Waals surface area contributed by atoms with Crippen molar-refractivity contribution in [2.45, 2.75) is 25.3 Å². The normalized spacial score (nSPS) is 20.6. The van der Waals surface area contributed by atoms with Gasteiger partial charge in [0.15, 0.2) is 5.65 Å². The van der Waals surface area contributed by atoms with Crippen LogP contribution in [0.2, 0.25) is 0 Å². The zero-order valence-corrected chi connectivity index (χ0v) is 9.74. The largest absolute Gasteiger partial charge is 0.354 e. The monoisotopic (exact) mass is 231 g/mol. The van der Waals surface area contributed by atoms with Crippen LogP contribution < -0.4 is 10.6 Å². The molecule has 1 aliphatic heterocycles. The molecule has 1 fully saturated rings. The summed E-state index contributed by atoms with van der Waals surface area (Å²) in [4.78, 5) is 11.8. The minimum atomic E-state index is 0.560. The number of pyridine rings is 1. The van der Waals surface area contributed by atoms with E-state index < -0.39 is 0 Å². The second kappa shape index (κ2) is 4.71. The Hall–Kier alpha value is -1.62. The molecular formula is C12H17N5. The lowest BCUT2D eigenvalue weighted by molar-refractivity contribution is 0.414. The third-order valence-electron chi connectivity index (χ3n) is 3.19. The zero-order valence-electron chi connectivity index (χ0n) is 9.74. The number of nitrogens with one attached hydrogen (secondary N) is 3. The average molecular weight is 231 g/mol. The molecule has 2 aromatic heterocycles. The molecule has 1 atom stereocenters. The standard InChI is InChI=1S/C12H17N5/c1-2-6-13-9(4-1)8-15-12-16-10-5-3-7-14-11(10)17-12/h3,5,7,9,13H,1-2,4,6,8H2,(H2,14,15,16,17)/t9-/m1/s1. The Morgan fingerprint density at radius 2 is 2.41 bits per heavy atom. The molecule has 0 aromatic carbocycles. The number of nitrogens with zero attached hydrogens (tertiary/aromatic N) is 2. The van der Waals surface area contributed by atoms with Crippen molar-refractivity contribution >= 4 is 17.1 Å². The summed E-state index contributed by atoms with van der Waals surface area (Å²) in [6.45, 7) is 2.05. The second-order valence-electron chi connectivity index (χ2n) is 4.49. The highest BCUT2D eigenvalue weighted by atomic mass is 15.1. The van der Waals surface area contributed by atoms with Crippen molar-refractivity contribution < 1.29 is 0 Å². The van der Waals surface area contributed by atoms with Crippen LogP contribution in [-0.4, -0.2) is 34.1 Å². The van der Waals surface area contributed by atoms with Gasteiger partial charge in [0.05, 0.1) is 5.52 Å². The maximum absolute atomic E-state index is 4.39. The predicted molar refractivity (Wildman–Crippen MR) is 68.0 cm³/mol. The Balaban J connectivity index is 1.64. The molecule has 90 valence electrons. The quantitative estimate of drug-likeness (QED) is 0.749. The Bertz CT molecular complexity index is 453. The summed E-state index contributed by atoms with van der Waals surface area (Å²) in [6, 6.07) is 4.46. The summed E-state index contributed by atoms with van der Waals surface area (Å²) in [5.41, 5.74) is 1.75. The molecule has 0 aliphatic carbocycles. The lowest BCUT2D eigenvalue weighted by atomic mass is 10.1. The first-order valence-electron chi connectivity index (χ1n) is 6.20. The summed E-state index contributed by atoms with van der Waals surface area (Å²) >= 11 is 0. The molecule has 1 aliphatic rings. The van der Waals surface area contributed by atoms with E-state index in [1.165, 1.54) is 19.3 Å². The molecule has 5 nitrogen and oxygen atoms in total. The summed E-state index contributed by atoms with van der Waals surface area (Å²) in [5.74, 6) is 0.811. The van der Waals surface area contributed by atoms with Gasteiger partial charge in [0.25, 0.3) is 0 Å². The lowest BCUT2D eigenvalue weighted by Gasteiger charge is -2.23. The fourth-order valence-electron chi connectivity index (χ4n) is 2.25. The fourth-order valence-corrected chi connectivity index (χ4v) is 2.25. The van der Waals surface area contributed by atoms with Crippen molar-refractivity contribution in [3.05, 3.63) is 18.3 Å². The van der Waals surface area contributed by atoms with Crippen molar-refractivity contribution in [2.75, 3.05) is 18.4 Å². The van der Waals surface area contributed by atoms with Gasteiger partial charge in [-0.2, -0.15) is 4.98 Å². The van der Waals surface area contributed by atoms with Gasteiger partial charge >= 0.3 is 0 Å². The Labute approximate surface area is 100 Å². The molecule has 3 heterocycles. The van der Waals surface area contributed by atoms with Crippen molar-refractivity contribution in [1.29, 1.82) is 0 Å². The smallest absolute Gasteiger partial charge is 0.202 e. The summed E-state index contributed by atoms with van der Waals surface area (Å²) in [7, 11) is 0. The van der Waals surface area contributed by atoms with Crippen LogP contribution in [-0.2, 0) is 0 Å². The van der Waals surface area contributed by atoms with Crippen molar-refractivity contribution in [3.63, 3.8) is 0 Å². The van der Waals surface area contributed by atoms with E-state index in [-0.39, 0.29) is 0 Å². The third kappa shape index (κ3) is 2.39. The number of fused-ring (bicyclic) bond motifs is 1. The topological polar surface area (TPSA) is 65.6 Å². The van der Waals surface area contributed by atoms with Gasteiger partial charge < -0.3 is 15.6 Å². The Morgan fingerprint density at radius 3 is 3.24 bits per heavy atom. The summed E-state index contributed by atoms with van der Waals surface area (Å²) < 4.78 is 0. The van der Waals surface area contributed by atoms with Crippen molar-refractivity contribution in [2.24, 2.45) is 0 Å². The molecule has 0 saturated carbocycles. The molecule has 0 unspecified atom stereocenters. The van der Waals surface area contributed by atoms with Gasteiger partial charge in [-0.3, -0.25) is 0 Å². The Kier molecular flexibility index (Phi) is 2.92. The molecule has 5 heteroatoms. The van der Waals surface area contributed by atoms with Crippen molar-refractivity contribution in [1.82, 2.24) is 20.3 Å². The van der Waals surface area contributed by atoms with E-state index >= 15 is 0 Å². The van der Waals surface area contributed by atoms with E-state index in [9.17, 15) is 0 Å². The third-order valence-corrected chi connectivity index (χ3v) is 3.19. The maximum Gasteiger partial charge on any atom is 0.202 e. The van der Waals surface area contributed by atoms with Gasteiger partial charge in [-0.25, -0.2) is 4.98 Å². The molecule has 1 saturated heterocycles.